The normalized spacial score (nSPS) is 10.2. The zero-order valence-electron chi connectivity index (χ0n) is 12.6. The van der Waals surface area contributed by atoms with E-state index in [0.29, 0.717) is 17.0 Å². The molecule has 0 radical (unpaired) electrons. The molecular formula is C17H20N2O2. The van der Waals surface area contributed by atoms with Crippen LogP contribution in [0.4, 0.5) is 5.69 Å². The number of nitrogens with two attached hydrogens (primary N) is 1. The van der Waals surface area contributed by atoms with Crippen molar-refractivity contribution in [3.8, 4) is 11.5 Å². The monoisotopic (exact) mass is 284 g/mol. The van der Waals surface area contributed by atoms with E-state index in [2.05, 4.69) is 6.92 Å². The van der Waals surface area contributed by atoms with E-state index in [1.807, 2.05) is 24.3 Å². The van der Waals surface area contributed by atoms with Gasteiger partial charge in [0, 0.05) is 19.7 Å². The highest BCUT2D eigenvalue weighted by Gasteiger charge is 2.12. The lowest BCUT2D eigenvalue weighted by atomic mass is 10.1. The summed E-state index contributed by atoms with van der Waals surface area (Å²) >= 11 is 0. The highest BCUT2D eigenvalue weighted by Crippen LogP contribution is 2.31. The number of anilines is 1. The van der Waals surface area contributed by atoms with Crippen molar-refractivity contribution in [2.45, 2.75) is 13.3 Å². The van der Waals surface area contributed by atoms with E-state index in [9.17, 15) is 4.79 Å². The van der Waals surface area contributed by atoms with Gasteiger partial charge in [-0.1, -0.05) is 25.1 Å². The molecule has 2 N–H and O–H groups in total. The van der Waals surface area contributed by atoms with E-state index in [1.54, 1.807) is 32.3 Å². The second-order valence-corrected chi connectivity index (χ2v) is 5.02. The van der Waals surface area contributed by atoms with Gasteiger partial charge in [-0.3, -0.25) is 4.79 Å². The average molecular weight is 284 g/mol. The van der Waals surface area contributed by atoms with Gasteiger partial charge in [-0.25, -0.2) is 0 Å². The number of benzene rings is 2. The Bertz CT molecular complexity index is 651. The lowest BCUT2D eigenvalue weighted by Crippen LogP contribution is -2.21. The largest absolute Gasteiger partial charge is 0.455 e. The van der Waals surface area contributed by atoms with Crippen molar-refractivity contribution in [1.82, 2.24) is 4.90 Å². The van der Waals surface area contributed by atoms with Gasteiger partial charge >= 0.3 is 0 Å². The van der Waals surface area contributed by atoms with Crippen LogP contribution in [0.15, 0.2) is 42.5 Å². The van der Waals surface area contributed by atoms with E-state index in [0.717, 1.165) is 17.7 Å². The van der Waals surface area contributed by atoms with Crippen molar-refractivity contribution in [2.75, 3.05) is 19.8 Å². The van der Waals surface area contributed by atoms with Crippen molar-refractivity contribution in [2.24, 2.45) is 0 Å². The molecule has 2 rings (SSSR count). The van der Waals surface area contributed by atoms with E-state index >= 15 is 0 Å². The van der Waals surface area contributed by atoms with Crippen LogP contribution in [0.1, 0.15) is 22.8 Å². The van der Waals surface area contributed by atoms with Crippen molar-refractivity contribution in [3.63, 3.8) is 0 Å². The number of carbonyl (C=O) groups excluding carboxylic acids is 1. The first-order valence-corrected chi connectivity index (χ1v) is 6.90. The van der Waals surface area contributed by atoms with E-state index in [4.69, 9.17) is 10.5 Å². The van der Waals surface area contributed by atoms with Crippen LogP contribution >= 0.6 is 0 Å². The smallest absolute Gasteiger partial charge is 0.253 e. The number of hydrogen-bond donors (Lipinski definition) is 1. The Hall–Kier alpha value is -2.49. The maximum Gasteiger partial charge on any atom is 0.253 e. The van der Waals surface area contributed by atoms with Gasteiger partial charge in [0.05, 0.1) is 5.69 Å². The fourth-order valence-electron chi connectivity index (χ4n) is 2.03. The molecule has 1 amide bonds. The molecule has 0 atom stereocenters. The van der Waals surface area contributed by atoms with Crippen molar-refractivity contribution >= 4 is 11.6 Å². The summed E-state index contributed by atoms with van der Waals surface area (Å²) in [6, 6.07) is 12.9. The first-order chi connectivity index (χ1) is 10.0. The first kappa shape index (κ1) is 14.9. The summed E-state index contributed by atoms with van der Waals surface area (Å²) in [5.74, 6) is 1.19. The number of ether oxygens (including phenoxy) is 1. The van der Waals surface area contributed by atoms with Gasteiger partial charge in [0.25, 0.3) is 5.91 Å². The van der Waals surface area contributed by atoms with Crippen molar-refractivity contribution in [1.29, 1.82) is 0 Å². The fourth-order valence-corrected chi connectivity index (χ4v) is 2.03. The Kier molecular flexibility index (Phi) is 4.48. The third-order valence-electron chi connectivity index (χ3n) is 3.24. The molecule has 21 heavy (non-hydrogen) atoms. The van der Waals surface area contributed by atoms with Crippen LogP contribution in [0.25, 0.3) is 0 Å². The van der Waals surface area contributed by atoms with Crippen LogP contribution in [0.5, 0.6) is 11.5 Å². The zero-order chi connectivity index (χ0) is 15.4. The third kappa shape index (κ3) is 3.34. The van der Waals surface area contributed by atoms with E-state index in [1.165, 1.54) is 4.90 Å². The number of amides is 1. The topological polar surface area (TPSA) is 55.6 Å². The first-order valence-electron chi connectivity index (χ1n) is 6.90. The van der Waals surface area contributed by atoms with Crippen molar-refractivity contribution in [3.05, 3.63) is 53.6 Å². The number of nitrogen functional groups attached to an aromatic ring is 1. The highest BCUT2D eigenvalue weighted by molar-refractivity contribution is 5.94. The van der Waals surface area contributed by atoms with Gasteiger partial charge in [-0.2, -0.15) is 0 Å². The molecule has 0 fully saturated rings. The lowest BCUT2D eigenvalue weighted by molar-refractivity contribution is 0.0827. The summed E-state index contributed by atoms with van der Waals surface area (Å²) in [6.07, 6.45) is 0.867. The Balaban J connectivity index is 2.35. The Labute approximate surface area is 125 Å². The lowest BCUT2D eigenvalue weighted by Gasteiger charge is -2.14. The second kappa shape index (κ2) is 6.31. The molecule has 2 aromatic carbocycles. The predicted molar refractivity (Wildman–Crippen MR) is 84.8 cm³/mol. The summed E-state index contributed by atoms with van der Waals surface area (Å²) in [5.41, 5.74) is 8.12. The molecule has 0 aromatic heterocycles. The number of rotatable bonds is 4. The molecule has 0 spiro atoms. The minimum Gasteiger partial charge on any atom is -0.455 e. The van der Waals surface area contributed by atoms with Crippen LogP contribution in [0.2, 0.25) is 0 Å². The quantitative estimate of drug-likeness (QED) is 0.876. The molecular weight excluding hydrogens is 264 g/mol. The molecule has 0 aliphatic rings. The van der Waals surface area contributed by atoms with Crippen LogP contribution in [0.3, 0.4) is 0 Å². The molecule has 0 aliphatic heterocycles. The molecule has 0 heterocycles. The van der Waals surface area contributed by atoms with Gasteiger partial charge < -0.3 is 15.4 Å². The minimum absolute atomic E-state index is 0.0800. The molecule has 2 aromatic rings. The molecule has 4 nitrogen and oxygen atoms in total. The predicted octanol–water partition coefficient (Wildman–Crippen LogP) is 3.33. The third-order valence-corrected chi connectivity index (χ3v) is 3.24. The van der Waals surface area contributed by atoms with Gasteiger partial charge in [0.1, 0.15) is 5.75 Å². The minimum atomic E-state index is -0.0800. The van der Waals surface area contributed by atoms with E-state index < -0.39 is 0 Å². The zero-order valence-corrected chi connectivity index (χ0v) is 12.6. The Morgan fingerprint density at radius 3 is 2.52 bits per heavy atom. The standard InChI is InChI=1S/C17H20N2O2/c1-4-12-7-5-6-8-15(12)21-16-11-13(9-10-14(16)18)17(20)19(2)3/h5-11H,4,18H2,1-3H3. The number of hydrogen-bond acceptors (Lipinski definition) is 3. The summed E-state index contributed by atoms with van der Waals surface area (Å²) in [7, 11) is 3.43. The van der Waals surface area contributed by atoms with Gasteiger partial charge in [0.15, 0.2) is 5.75 Å². The fraction of sp³-hybridized carbons (Fsp3) is 0.235. The Morgan fingerprint density at radius 1 is 1.14 bits per heavy atom. The van der Waals surface area contributed by atoms with Crippen LogP contribution < -0.4 is 10.5 Å². The molecule has 4 heteroatoms. The van der Waals surface area contributed by atoms with Gasteiger partial charge in [-0.05, 0) is 36.2 Å². The SMILES string of the molecule is CCc1ccccc1Oc1cc(C(=O)N(C)C)ccc1N. The molecule has 0 saturated carbocycles. The number of nitrogens with zero attached hydrogens (tertiary/aromatic N) is 1. The number of aryl methyl sites for hydroxylation is 1. The number of para-hydroxylation sites is 1. The molecule has 0 aliphatic carbocycles. The summed E-state index contributed by atoms with van der Waals surface area (Å²) < 4.78 is 5.91. The van der Waals surface area contributed by atoms with Crippen LogP contribution in [-0.2, 0) is 6.42 Å². The average Bonchev–Trinajstić information content (AvgIpc) is 2.49. The molecule has 0 unspecified atom stereocenters. The van der Waals surface area contributed by atoms with Crippen molar-refractivity contribution < 1.29 is 9.53 Å². The molecule has 110 valence electrons. The van der Waals surface area contributed by atoms with Gasteiger partial charge in [0.2, 0.25) is 0 Å². The number of carbonyl (C=O) groups is 1. The maximum atomic E-state index is 12.0. The van der Waals surface area contributed by atoms with Crippen LogP contribution in [-0.4, -0.2) is 24.9 Å². The maximum absolute atomic E-state index is 12.0. The highest BCUT2D eigenvalue weighted by atomic mass is 16.5. The van der Waals surface area contributed by atoms with E-state index in [-0.39, 0.29) is 5.91 Å². The molecule has 0 bridgehead atoms. The summed E-state index contributed by atoms with van der Waals surface area (Å²) in [5, 5.41) is 0. The molecule has 0 saturated heterocycles. The van der Waals surface area contributed by atoms with Gasteiger partial charge in [-0.15, -0.1) is 0 Å². The summed E-state index contributed by atoms with van der Waals surface area (Å²) in [4.78, 5) is 13.5. The second-order valence-electron chi connectivity index (χ2n) is 5.02. The summed E-state index contributed by atoms with van der Waals surface area (Å²) in [6.45, 7) is 2.07. The van der Waals surface area contributed by atoms with Crippen LogP contribution in [0, 0.1) is 0 Å². The Morgan fingerprint density at radius 2 is 1.86 bits per heavy atom.